The van der Waals surface area contributed by atoms with Gasteiger partial charge in [0.2, 0.25) is 0 Å². The van der Waals surface area contributed by atoms with Crippen LogP contribution in [0.5, 0.6) is 0 Å². The van der Waals surface area contributed by atoms with Crippen LogP contribution in [0.3, 0.4) is 0 Å². The van der Waals surface area contributed by atoms with Gasteiger partial charge in [0.1, 0.15) is 0 Å². The zero-order valence-corrected chi connectivity index (χ0v) is 36.7. The first-order valence-electron chi connectivity index (χ1n) is 22.8. The largest absolute Gasteiger partial charge is 0.355 e. The molecule has 2 aliphatic rings. The molecule has 2 heteroatoms. The summed E-state index contributed by atoms with van der Waals surface area (Å²) in [6.45, 7) is 4.84. The number of hydrogen-bond acceptors (Lipinski definition) is 2. The van der Waals surface area contributed by atoms with Gasteiger partial charge in [0, 0.05) is 34.0 Å². The van der Waals surface area contributed by atoms with Crippen molar-refractivity contribution in [1.29, 1.82) is 0 Å². The highest BCUT2D eigenvalue weighted by molar-refractivity contribution is 6.23. The van der Waals surface area contributed by atoms with Gasteiger partial charge < -0.3 is 10.2 Å². The summed E-state index contributed by atoms with van der Waals surface area (Å²) in [5, 5.41) is 11.4. The van der Waals surface area contributed by atoms with E-state index in [-0.39, 0.29) is 5.41 Å². The molecule has 2 nitrogen and oxygen atoms in total. The van der Waals surface area contributed by atoms with E-state index in [0.29, 0.717) is 5.92 Å². The minimum Gasteiger partial charge on any atom is -0.355 e. The van der Waals surface area contributed by atoms with E-state index in [9.17, 15) is 0 Å². The maximum Gasteiger partial charge on any atom is 0.0464 e. The van der Waals surface area contributed by atoms with Crippen molar-refractivity contribution in [2.75, 3.05) is 10.2 Å². The number of benzene rings is 10. The first-order chi connectivity index (χ1) is 32.0. The second-order valence-electron chi connectivity index (χ2n) is 18.2. The summed E-state index contributed by atoms with van der Waals surface area (Å²) in [6.07, 6.45) is 5.70. The quantitative estimate of drug-likeness (QED) is 0.153. The van der Waals surface area contributed by atoms with Gasteiger partial charge in [-0.25, -0.2) is 0 Å². The lowest BCUT2D eigenvalue weighted by molar-refractivity contribution is 0.406. The molecule has 1 unspecified atom stereocenters. The molecular formula is C63H48N2. The highest BCUT2D eigenvalue weighted by Crippen LogP contribution is 2.55. The Hall–Kier alpha value is -7.94. The molecule has 65 heavy (non-hydrogen) atoms. The Morgan fingerprint density at radius 2 is 1.02 bits per heavy atom. The van der Waals surface area contributed by atoms with Crippen LogP contribution >= 0.6 is 0 Å². The van der Waals surface area contributed by atoms with Gasteiger partial charge in [-0.05, 0) is 149 Å². The third-order valence-corrected chi connectivity index (χ3v) is 14.2. The summed E-state index contributed by atoms with van der Waals surface area (Å²) < 4.78 is 0. The molecule has 1 N–H and O–H groups in total. The number of rotatable bonds is 8. The van der Waals surface area contributed by atoms with Gasteiger partial charge in [-0.3, -0.25) is 0 Å². The summed E-state index contributed by atoms with van der Waals surface area (Å²) in [4.78, 5) is 2.47. The van der Waals surface area contributed by atoms with Crippen LogP contribution < -0.4 is 10.2 Å². The second-order valence-corrected chi connectivity index (χ2v) is 18.2. The summed E-state index contributed by atoms with van der Waals surface area (Å²) in [7, 11) is 0. The lowest BCUT2D eigenvalue weighted by Gasteiger charge is -2.36. The van der Waals surface area contributed by atoms with Crippen molar-refractivity contribution in [3.05, 3.63) is 247 Å². The molecule has 0 spiro atoms. The molecule has 0 heterocycles. The molecule has 0 saturated heterocycles. The number of anilines is 4. The van der Waals surface area contributed by atoms with Crippen LogP contribution in [-0.2, 0) is 5.41 Å². The van der Waals surface area contributed by atoms with Gasteiger partial charge >= 0.3 is 0 Å². The Labute approximate surface area is 381 Å². The molecule has 0 aromatic heterocycles. The zero-order chi connectivity index (χ0) is 43.5. The maximum absolute atomic E-state index is 3.81. The Morgan fingerprint density at radius 3 is 1.74 bits per heavy atom. The number of hydrogen-bond donors (Lipinski definition) is 1. The third kappa shape index (κ3) is 6.73. The van der Waals surface area contributed by atoms with E-state index < -0.39 is 0 Å². The van der Waals surface area contributed by atoms with Crippen molar-refractivity contribution in [2.24, 2.45) is 5.92 Å². The molecule has 0 bridgehead atoms. The van der Waals surface area contributed by atoms with E-state index in [1.54, 1.807) is 0 Å². The predicted octanol–water partition coefficient (Wildman–Crippen LogP) is 17.3. The minimum absolute atomic E-state index is 0.0391. The molecular weight excluding hydrogens is 785 g/mol. The molecule has 10 aromatic rings. The summed E-state index contributed by atoms with van der Waals surface area (Å²) >= 11 is 0. The fourth-order valence-electron chi connectivity index (χ4n) is 10.8. The summed E-state index contributed by atoms with van der Waals surface area (Å²) in [5.74, 6) is 0.399. The lowest BCUT2D eigenvalue weighted by atomic mass is 9.74. The van der Waals surface area contributed by atoms with Gasteiger partial charge in [0.15, 0.2) is 0 Å². The Morgan fingerprint density at radius 1 is 0.446 bits per heavy atom. The van der Waals surface area contributed by atoms with E-state index in [0.717, 1.165) is 29.2 Å². The first-order valence-corrected chi connectivity index (χ1v) is 22.8. The van der Waals surface area contributed by atoms with Crippen molar-refractivity contribution < 1.29 is 0 Å². The molecule has 310 valence electrons. The monoisotopic (exact) mass is 832 g/mol. The van der Waals surface area contributed by atoms with E-state index >= 15 is 0 Å². The van der Waals surface area contributed by atoms with E-state index in [4.69, 9.17) is 0 Å². The SMILES string of the molecule is CC1(C)c2ccccc2C2=CC=C(N(c3ccc(-c4ccccc4)cc3)c3ccc(-c4ccc(Nc5ccccc5-c5cc6ccccc6c6ccc7ccccc7c56)cc4)cc3)CC21. The molecule has 2 aliphatic carbocycles. The molecule has 0 fully saturated rings. The van der Waals surface area contributed by atoms with Crippen molar-refractivity contribution >= 4 is 60.6 Å². The third-order valence-electron chi connectivity index (χ3n) is 14.2. The van der Waals surface area contributed by atoms with Crippen LogP contribution in [0.25, 0.3) is 71.3 Å². The zero-order valence-electron chi connectivity index (χ0n) is 36.7. The van der Waals surface area contributed by atoms with E-state index in [2.05, 4.69) is 255 Å². The average Bonchev–Trinajstić information content (AvgIpc) is 3.60. The van der Waals surface area contributed by atoms with Crippen molar-refractivity contribution in [2.45, 2.75) is 25.7 Å². The van der Waals surface area contributed by atoms with Gasteiger partial charge in [0.25, 0.3) is 0 Å². The fourth-order valence-corrected chi connectivity index (χ4v) is 10.8. The number of nitrogens with one attached hydrogen (secondary N) is 1. The molecule has 0 amide bonds. The molecule has 0 saturated carbocycles. The van der Waals surface area contributed by atoms with E-state index in [1.807, 2.05) is 0 Å². The smallest absolute Gasteiger partial charge is 0.0464 e. The fraction of sp³-hybridized carbons (Fsp3) is 0.0794. The highest BCUT2D eigenvalue weighted by Gasteiger charge is 2.44. The van der Waals surface area contributed by atoms with Crippen LogP contribution in [0.1, 0.15) is 31.4 Å². The van der Waals surface area contributed by atoms with Gasteiger partial charge in [-0.1, -0.05) is 190 Å². The second kappa shape index (κ2) is 15.7. The number of nitrogens with zero attached hydrogens (tertiary/aromatic N) is 1. The van der Waals surface area contributed by atoms with Crippen LogP contribution in [0, 0.1) is 5.92 Å². The number of allylic oxidation sites excluding steroid dienone is 4. The van der Waals surface area contributed by atoms with Crippen LogP contribution in [-0.4, -0.2) is 0 Å². The Balaban J connectivity index is 0.861. The van der Waals surface area contributed by atoms with Gasteiger partial charge in [0.05, 0.1) is 0 Å². The van der Waals surface area contributed by atoms with E-state index in [1.165, 1.54) is 88.1 Å². The first kappa shape index (κ1) is 38.7. The Kier molecular flexibility index (Phi) is 9.35. The van der Waals surface area contributed by atoms with Gasteiger partial charge in [-0.15, -0.1) is 0 Å². The van der Waals surface area contributed by atoms with Gasteiger partial charge in [-0.2, -0.15) is 0 Å². The van der Waals surface area contributed by atoms with Crippen molar-refractivity contribution in [3.63, 3.8) is 0 Å². The standard InChI is InChI=1S/C63H48N2/c1-63(2)59-22-12-10-20-54(59)55-39-37-51(41-60(55)63)65(49-33-26-44(27-34-49)42-14-4-3-5-15-42)50-35-28-45(29-36-50)43-24-31-48(32-25-43)64-61-23-13-11-21-56(61)58-40-47-17-7-8-18-52(47)57-38-30-46-16-6-9-19-53(46)62(57)58/h3-40,60,64H,41H2,1-2H3. The number of fused-ring (bicyclic) bond motifs is 8. The van der Waals surface area contributed by atoms with Crippen LogP contribution in [0.15, 0.2) is 236 Å². The molecule has 0 aliphatic heterocycles. The lowest BCUT2D eigenvalue weighted by Crippen LogP contribution is -2.28. The van der Waals surface area contributed by atoms with Crippen LogP contribution in [0.2, 0.25) is 0 Å². The topological polar surface area (TPSA) is 15.3 Å². The summed E-state index contributed by atoms with van der Waals surface area (Å²) in [6, 6.07) is 79.8. The highest BCUT2D eigenvalue weighted by atomic mass is 15.1. The minimum atomic E-state index is 0.0391. The normalized spacial score (nSPS) is 15.0. The molecule has 12 rings (SSSR count). The Bertz CT molecular complexity index is 3480. The van der Waals surface area contributed by atoms with Crippen molar-refractivity contribution in [1.82, 2.24) is 0 Å². The molecule has 0 radical (unpaired) electrons. The van der Waals surface area contributed by atoms with Crippen molar-refractivity contribution in [3.8, 4) is 33.4 Å². The summed E-state index contributed by atoms with van der Waals surface area (Å²) in [5.41, 5.74) is 17.3. The molecule has 1 atom stereocenters. The maximum atomic E-state index is 3.81. The number of para-hydroxylation sites is 1. The molecule has 10 aromatic carbocycles. The van der Waals surface area contributed by atoms with Crippen LogP contribution in [0.4, 0.5) is 22.7 Å². The predicted molar refractivity (Wildman–Crippen MR) is 277 cm³/mol. The average molecular weight is 833 g/mol.